The summed E-state index contributed by atoms with van der Waals surface area (Å²) in [7, 11) is 1.92. The molecular weight excluding hydrogens is 348 g/mol. The summed E-state index contributed by atoms with van der Waals surface area (Å²) >= 11 is 1.35. The lowest BCUT2D eigenvalue weighted by atomic mass is 10.0. The van der Waals surface area contributed by atoms with E-state index in [-0.39, 0.29) is 12.5 Å². The van der Waals surface area contributed by atoms with E-state index in [0.29, 0.717) is 17.1 Å². The molecule has 140 valence electrons. The highest BCUT2D eigenvalue weighted by Crippen LogP contribution is 2.36. The van der Waals surface area contributed by atoms with Crippen LogP contribution in [0.25, 0.3) is 11.1 Å². The number of benzene rings is 1. The van der Waals surface area contributed by atoms with Crippen LogP contribution in [0.15, 0.2) is 35.7 Å². The van der Waals surface area contributed by atoms with Crippen molar-refractivity contribution >= 4 is 28.2 Å². The van der Waals surface area contributed by atoms with Crippen molar-refractivity contribution in [3.8, 4) is 11.1 Å². The fourth-order valence-corrected chi connectivity index (χ4v) is 3.58. The molecule has 0 bridgehead atoms. The second-order valence-corrected chi connectivity index (χ2v) is 6.96. The van der Waals surface area contributed by atoms with E-state index in [1.165, 1.54) is 11.3 Å². The van der Waals surface area contributed by atoms with Gasteiger partial charge in [-0.05, 0) is 32.5 Å². The lowest BCUT2D eigenvalue weighted by Gasteiger charge is -2.15. The highest BCUT2D eigenvalue weighted by molar-refractivity contribution is 7.15. The van der Waals surface area contributed by atoms with E-state index in [4.69, 9.17) is 4.74 Å². The number of ether oxygens (including phenoxy) is 1. The molecule has 0 aliphatic heterocycles. The number of esters is 1. The lowest BCUT2D eigenvalue weighted by molar-refractivity contribution is -0.117. The molecule has 0 aliphatic carbocycles. The molecule has 0 radical (unpaired) electrons. The molecule has 0 saturated heterocycles. The summed E-state index contributed by atoms with van der Waals surface area (Å²) in [4.78, 5) is 26.8. The van der Waals surface area contributed by atoms with Crippen molar-refractivity contribution in [1.82, 2.24) is 4.90 Å². The van der Waals surface area contributed by atoms with Crippen LogP contribution in [0.5, 0.6) is 0 Å². The Balaban J connectivity index is 2.21. The number of hydrogen-bond acceptors (Lipinski definition) is 5. The fourth-order valence-electron chi connectivity index (χ4n) is 2.60. The number of nitrogens with zero attached hydrogens (tertiary/aromatic N) is 1. The summed E-state index contributed by atoms with van der Waals surface area (Å²) < 4.78 is 5.21. The number of rotatable bonds is 9. The zero-order valence-corrected chi connectivity index (χ0v) is 16.4. The van der Waals surface area contributed by atoms with Crippen molar-refractivity contribution in [2.45, 2.75) is 26.7 Å². The standard InChI is InChI=1S/C20H26N2O3S/c1-4-6-12-22(3)13-17(23)21-19-18(20(24)25-5-2)16(14-26-19)15-10-8-7-9-11-15/h7-11,14H,4-6,12-13H2,1-3H3,(H,21,23). The Kier molecular flexibility index (Phi) is 7.81. The number of thiophene rings is 1. The van der Waals surface area contributed by atoms with Gasteiger partial charge in [-0.15, -0.1) is 11.3 Å². The first-order chi connectivity index (χ1) is 12.6. The number of hydrogen-bond donors (Lipinski definition) is 1. The second-order valence-electron chi connectivity index (χ2n) is 6.08. The molecule has 1 amide bonds. The van der Waals surface area contributed by atoms with Gasteiger partial charge in [0.05, 0.1) is 13.2 Å². The molecule has 1 aromatic heterocycles. The van der Waals surface area contributed by atoms with Crippen LogP contribution in [-0.4, -0.2) is 43.5 Å². The Morgan fingerprint density at radius 3 is 2.58 bits per heavy atom. The number of carbonyl (C=O) groups is 2. The summed E-state index contributed by atoms with van der Waals surface area (Å²) in [6.45, 7) is 5.34. The molecule has 0 fully saturated rings. The zero-order valence-electron chi connectivity index (χ0n) is 15.6. The fraction of sp³-hybridized carbons (Fsp3) is 0.400. The van der Waals surface area contributed by atoms with E-state index in [9.17, 15) is 9.59 Å². The highest BCUT2D eigenvalue weighted by Gasteiger charge is 2.22. The predicted molar refractivity (Wildman–Crippen MR) is 107 cm³/mol. The molecule has 26 heavy (non-hydrogen) atoms. The maximum Gasteiger partial charge on any atom is 0.341 e. The van der Waals surface area contributed by atoms with Gasteiger partial charge in [0.25, 0.3) is 0 Å². The number of amides is 1. The van der Waals surface area contributed by atoms with Gasteiger partial charge in [-0.2, -0.15) is 0 Å². The third-order valence-corrected chi connectivity index (χ3v) is 4.81. The second kappa shape index (κ2) is 10.1. The number of carbonyl (C=O) groups excluding carboxylic acids is 2. The van der Waals surface area contributed by atoms with Gasteiger partial charge < -0.3 is 10.1 Å². The molecule has 2 rings (SSSR count). The molecule has 5 nitrogen and oxygen atoms in total. The van der Waals surface area contributed by atoms with Crippen molar-refractivity contribution in [2.75, 3.05) is 32.1 Å². The Hall–Kier alpha value is -2.18. The van der Waals surface area contributed by atoms with Crippen LogP contribution in [0.1, 0.15) is 37.0 Å². The first-order valence-electron chi connectivity index (χ1n) is 8.89. The average molecular weight is 375 g/mol. The van der Waals surface area contributed by atoms with Crippen LogP contribution < -0.4 is 5.32 Å². The van der Waals surface area contributed by atoms with Gasteiger partial charge in [0.15, 0.2) is 0 Å². The first kappa shape index (κ1) is 20.1. The summed E-state index contributed by atoms with van der Waals surface area (Å²) in [5.41, 5.74) is 2.13. The minimum atomic E-state index is -0.415. The Bertz CT molecular complexity index is 728. The van der Waals surface area contributed by atoms with Crippen LogP contribution in [0, 0.1) is 0 Å². The molecule has 0 atom stereocenters. The van der Waals surface area contributed by atoms with Crippen molar-refractivity contribution in [3.05, 3.63) is 41.3 Å². The highest BCUT2D eigenvalue weighted by atomic mass is 32.1. The topological polar surface area (TPSA) is 58.6 Å². The van der Waals surface area contributed by atoms with Gasteiger partial charge in [0, 0.05) is 10.9 Å². The third-order valence-electron chi connectivity index (χ3n) is 3.92. The molecule has 1 aromatic carbocycles. The summed E-state index contributed by atoms with van der Waals surface area (Å²) in [6, 6.07) is 9.64. The summed E-state index contributed by atoms with van der Waals surface area (Å²) in [5.74, 6) is -0.544. The molecule has 0 spiro atoms. The third kappa shape index (κ3) is 5.41. The Morgan fingerprint density at radius 2 is 1.92 bits per heavy atom. The van der Waals surface area contributed by atoms with Gasteiger partial charge in [0.1, 0.15) is 10.6 Å². The maximum atomic E-state index is 12.5. The molecule has 1 N–H and O–H groups in total. The average Bonchev–Trinajstić information content (AvgIpc) is 3.04. The van der Waals surface area contributed by atoms with Crippen molar-refractivity contribution in [3.63, 3.8) is 0 Å². The molecule has 0 unspecified atom stereocenters. The monoisotopic (exact) mass is 374 g/mol. The van der Waals surface area contributed by atoms with Gasteiger partial charge in [-0.3, -0.25) is 9.69 Å². The first-order valence-corrected chi connectivity index (χ1v) is 9.77. The largest absolute Gasteiger partial charge is 0.462 e. The van der Waals surface area contributed by atoms with Gasteiger partial charge in [0.2, 0.25) is 5.91 Å². The van der Waals surface area contributed by atoms with E-state index in [1.807, 2.05) is 47.7 Å². The number of nitrogens with one attached hydrogen (secondary N) is 1. The van der Waals surface area contributed by atoms with Crippen LogP contribution in [-0.2, 0) is 9.53 Å². The van der Waals surface area contributed by atoms with Crippen LogP contribution >= 0.6 is 11.3 Å². The Morgan fingerprint density at radius 1 is 1.19 bits per heavy atom. The molecule has 1 heterocycles. The molecular formula is C20H26N2O3S. The summed E-state index contributed by atoms with van der Waals surface area (Å²) in [5, 5.41) is 5.31. The van der Waals surface area contributed by atoms with Gasteiger partial charge in [-0.25, -0.2) is 4.79 Å². The zero-order chi connectivity index (χ0) is 18.9. The number of unbranched alkanes of at least 4 members (excludes halogenated alkanes) is 1. The molecule has 0 saturated carbocycles. The lowest BCUT2D eigenvalue weighted by Crippen LogP contribution is -2.31. The van der Waals surface area contributed by atoms with Crippen LogP contribution in [0.4, 0.5) is 5.00 Å². The SMILES string of the molecule is CCCCN(C)CC(=O)Nc1scc(-c2ccccc2)c1C(=O)OCC. The minimum Gasteiger partial charge on any atom is -0.462 e. The number of anilines is 1. The molecule has 6 heteroatoms. The van der Waals surface area contributed by atoms with Crippen LogP contribution in [0.3, 0.4) is 0 Å². The van der Waals surface area contributed by atoms with Crippen molar-refractivity contribution in [1.29, 1.82) is 0 Å². The molecule has 2 aromatic rings. The Labute approximate surface area is 159 Å². The van der Waals surface area contributed by atoms with E-state index in [0.717, 1.165) is 30.5 Å². The molecule has 0 aliphatic rings. The smallest absolute Gasteiger partial charge is 0.341 e. The maximum absolute atomic E-state index is 12.5. The van der Waals surface area contributed by atoms with E-state index >= 15 is 0 Å². The predicted octanol–water partition coefficient (Wildman–Crippen LogP) is 4.26. The minimum absolute atomic E-state index is 0.129. The van der Waals surface area contributed by atoms with Crippen LogP contribution in [0.2, 0.25) is 0 Å². The van der Waals surface area contributed by atoms with E-state index in [1.54, 1.807) is 6.92 Å². The summed E-state index contributed by atoms with van der Waals surface area (Å²) in [6.07, 6.45) is 2.14. The van der Waals surface area contributed by atoms with Gasteiger partial charge in [-0.1, -0.05) is 43.7 Å². The van der Waals surface area contributed by atoms with Crippen molar-refractivity contribution < 1.29 is 14.3 Å². The quantitative estimate of drug-likeness (QED) is 0.666. The van der Waals surface area contributed by atoms with Gasteiger partial charge >= 0.3 is 5.97 Å². The van der Waals surface area contributed by atoms with E-state index in [2.05, 4.69) is 12.2 Å². The normalized spacial score (nSPS) is 10.8. The number of likely N-dealkylation sites (N-methyl/N-ethyl adjacent to an activating group) is 1. The van der Waals surface area contributed by atoms with Crippen molar-refractivity contribution in [2.24, 2.45) is 0 Å². The van der Waals surface area contributed by atoms with E-state index < -0.39 is 5.97 Å².